The second kappa shape index (κ2) is 14.9. The number of nitrogens with zero attached hydrogens (tertiary/aromatic N) is 2. The number of likely N-dealkylation sites (tertiary alicyclic amines) is 2. The maximum Gasteiger partial charge on any atom is 0.408 e. The first-order valence-electron chi connectivity index (χ1n) is 19.0. The maximum atomic E-state index is 15.0. The predicted molar refractivity (Wildman–Crippen MR) is 199 cm³/mol. The van der Waals surface area contributed by atoms with Crippen LogP contribution in [0.15, 0.2) is 54.6 Å². The lowest BCUT2D eigenvalue weighted by atomic mass is 9.49. The number of benzene rings is 2. The number of amides is 2. The molecular formula is C42H61N3O6. The lowest BCUT2D eigenvalue weighted by Crippen LogP contribution is -2.62. The van der Waals surface area contributed by atoms with Crippen LogP contribution < -0.4 is 5.32 Å². The molecule has 51 heavy (non-hydrogen) atoms. The molecule has 5 rings (SSSR count). The van der Waals surface area contributed by atoms with Gasteiger partial charge < -0.3 is 25.2 Å². The zero-order valence-corrected chi connectivity index (χ0v) is 32.1. The molecule has 3 aliphatic rings. The van der Waals surface area contributed by atoms with Crippen molar-refractivity contribution in [1.29, 1.82) is 0 Å². The van der Waals surface area contributed by atoms with Crippen LogP contribution in [-0.4, -0.2) is 82.0 Å². The molecule has 0 bridgehead atoms. The summed E-state index contributed by atoms with van der Waals surface area (Å²) in [6.07, 6.45) is 3.20. The monoisotopic (exact) mass is 703 g/mol. The average molecular weight is 704 g/mol. The van der Waals surface area contributed by atoms with E-state index >= 15 is 0 Å². The molecule has 9 heteroatoms. The molecule has 280 valence electrons. The van der Waals surface area contributed by atoms with Gasteiger partial charge in [0.2, 0.25) is 5.91 Å². The Morgan fingerprint density at radius 2 is 1.55 bits per heavy atom. The van der Waals surface area contributed by atoms with Crippen molar-refractivity contribution in [2.75, 3.05) is 26.2 Å². The number of aliphatic hydroxyl groups is 1. The maximum absolute atomic E-state index is 15.0. The Morgan fingerprint density at radius 3 is 2.12 bits per heavy atom. The topological polar surface area (TPSA) is 119 Å². The lowest BCUT2D eigenvalue weighted by Gasteiger charge is -2.59. The van der Waals surface area contributed by atoms with E-state index in [4.69, 9.17) is 4.74 Å². The number of carboxylic acid groups (broad SMARTS) is 1. The number of ether oxygens (including phenoxy) is 1. The number of carbonyl (C=O) groups is 3. The fourth-order valence-electron chi connectivity index (χ4n) is 9.83. The molecule has 3 N–H and O–H groups in total. The first-order valence-corrected chi connectivity index (χ1v) is 19.0. The minimum Gasteiger partial charge on any atom is -0.478 e. The summed E-state index contributed by atoms with van der Waals surface area (Å²) in [4.78, 5) is 43.4. The predicted octanol–water partition coefficient (Wildman–Crippen LogP) is 7.43. The minimum atomic E-state index is -0.908. The first-order chi connectivity index (χ1) is 23.9. The van der Waals surface area contributed by atoms with Crippen LogP contribution in [0.5, 0.6) is 0 Å². The van der Waals surface area contributed by atoms with E-state index in [2.05, 4.69) is 57.0 Å². The van der Waals surface area contributed by atoms with Crippen molar-refractivity contribution in [3.63, 3.8) is 0 Å². The number of aliphatic hydroxyl groups excluding tert-OH is 1. The van der Waals surface area contributed by atoms with Crippen molar-refractivity contribution >= 4 is 18.0 Å². The van der Waals surface area contributed by atoms with Crippen molar-refractivity contribution in [2.24, 2.45) is 22.7 Å². The van der Waals surface area contributed by atoms with Crippen molar-refractivity contribution in [2.45, 2.75) is 123 Å². The van der Waals surface area contributed by atoms with Crippen molar-refractivity contribution in [1.82, 2.24) is 15.1 Å². The summed E-state index contributed by atoms with van der Waals surface area (Å²) < 4.78 is 5.53. The molecule has 1 saturated carbocycles. The van der Waals surface area contributed by atoms with Gasteiger partial charge >= 0.3 is 12.1 Å². The Labute approximate surface area is 305 Å². The summed E-state index contributed by atoms with van der Waals surface area (Å²) in [6.45, 7) is 19.2. The molecular weight excluding hydrogens is 642 g/mol. The van der Waals surface area contributed by atoms with E-state index in [-0.39, 0.29) is 22.7 Å². The van der Waals surface area contributed by atoms with Crippen LogP contribution in [0.3, 0.4) is 0 Å². The average Bonchev–Trinajstić information content (AvgIpc) is 3.06. The quantitative estimate of drug-likeness (QED) is 0.249. The molecule has 0 spiro atoms. The highest BCUT2D eigenvalue weighted by Gasteiger charge is 2.56. The number of carboxylic acids is 1. The second-order valence-electron chi connectivity index (χ2n) is 17.8. The molecule has 1 unspecified atom stereocenters. The summed E-state index contributed by atoms with van der Waals surface area (Å²) in [6, 6.07) is 17.1. The third kappa shape index (κ3) is 8.30. The third-order valence-corrected chi connectivity index (χ3v) is 12.3. The van der Waals surface area contributed by atoms with E-state index in [1.807, 2.05) is 56.0 Å². The summed E-state index contributed by atoms with van der Waals surface area (Å²) in [5, 5.41) is 24.0. The number of fused-ring (bicyclic) bond motifs is 1. The molecule has 2 amide bonds. The molecule has 2 aromatic rings. The van der Waals surface area contributed by atoms with Crippen LogP contribution in [0.4, 0.5) is 4.79 Å². The van der Waals surface area contributed by atoms with Gasteiger partial charge in [0.05, 0.1) is 17.0 Å². The molecule has 2 aromatic carbocycles. The summed E-state index contributed by atoms with van der Waals surface area (Å²) >= 11 is 0. The van der Waals surface area contributed by atoms with Gasteiger partial charge in [0.25, 0.3) is 0 Å². The smallest absolute Gasteiger partial charge is 0.408 e. The van der Waals surface area contributed by atoms with Gasteiger partial charge in [-0.2, -0.15) is 0 Å². The standard InChI is InChI=1S/C42H61N3O6/c1-28(2)26-33(43-38(50)51-39(3,4)5)35(46)44-24-21-42(22-25-44,31-12-10-9-11-13-31)37(49)45-23-19-34-40(6,7)32(18-20-41(34,8)27-45)29-14-16-30(17-15-29)36(47)48/h9-17,28,32-35,46H,18-27H2,1-8H3,(H,43,50)(H,47,48)/t32-,33-,34+,35?,41-/m1/s1. The van der Waals surface area contributed by atoms with Crippen LogP contribution in [0.2, 0.25) is 0 Å². The number of aromatic carboxylic acids is 1. The zero-order chi connectivity index (χ0) is 37.4. The van der Waals surface area contributed by atoms with Crippen molar-refractivity contribution in [3.05, 3.63) is 71.3 Å². The first kappa shape index (κ1) is 38.8. The van der Waals surface area contributed by atoms with Gasteiger partial charge in [-0.05, 0) is 111 Å². The Morgan fingerprint density at radius 1 is 0.922 bits per heavy atom. The van der Waals surface area contributed by atoms with Gasteiger partial charge in [0.15, 0.2) is 0 Å². The minimum absolute atomic E-state index is 0.0225. The number of hydrogen-bond acceptors (Lipinski definition) is 6. The molecule has 2 saturated heterocycles. The number of nitrogens with one attached hydrogen (secondary N) is 1. The van der Waals surface area contributed by atoms with Crippen molar-refractivity contribution in [3.8, 4) is 0 Å². The Bertz CT molecular complexity index is 1530. The van der Waals surface area contributed by atoms with Gasteiger partial charge in [-0.1, -0.05) is 77.1 Å². The van der Waals surface area contributed by atoms with E-state index in [1.165, 1.54) is 5.56 Å². The Kier molecular flexibility index (Phi) is 11.3. The van der Waals surface area contributed by atoms with Gasteiger partial charge in [-0.3, -0.25) is 9.69 Å². The second-order valence-corrected chi connectivity index (χ2v) is 17.8. The van der Waals surface area contributed by atoms with Crippen LogP contribution in [-0.2, 0) is 14.9 Å². The van der Waals surface area contributed by atoms with Crippen LogP contribution in [0.25, 0.3) is 0 Å². The van der Waals surface area contributed by atoms with Crippen LogP contribution in [0.1, 0.15) is 121 Å². The zero-order valence-electron chi connectivity index (χ0n) is 32.1. The Hall–Kier alpha value is -3.43. The largest absolute Gasteiger partial charge is 0.478 e. The van der Waals surface area contributed by atoms with E-state index in [1.54, 1.807) is 12.1 Å². The summed E-state index contributed by atoms with van der Waals surface area (Å²) in [5.74, 6) is 0.242. The molecule has 2 heterocycles. The van der Waals surface area contributed by atoms with E-state index < -0.39 is 35.3 Å². The van der Waals surface area contributed by atoms with E-state index in [0.717, 1.165) is 24.8 Å². The van der Waals surface area contributed by atoms with Gasteiger partial charge in [-0.25, -0.2) is 9.59 Å². The number of rotatable bonds is 9. The molecule has 2 aliphatic heterocycles. The normalized spacial score (nSPS) is 26.1. The van der Waals surface area contributed by atoms with Gasteiger partial charge in [-0.15, -0.1) is 0 Å². The SMILES string of the molecule is CC(C)C[C@@H](NC(=O)OC(C)(C)C)C(O)N1CCC(C(=O)N2CC[C@H]3C(C)(C)[C@@H](c4ccc(C(=O)O)cc4)CC[C@]3(C)C2)(c2ccccc2)CC1. The highest BCUT2D eigenvalue weighted by atomic mass is 16.6. The van der Waals surface area contributed by atoms with Gasteiger partial charge in [0.1, 0.15) is 11.8 Å². The highest BCUT2D eigenvalue weighted by Crippen LogP contribution is 2.60. The van der Waals surface area contributed by atoms with E-state index in [9.17, 15) is 24.6 Å². The molecule has 9 nitrogen and oxygen atoms in total. The molecule has 0 aromatic heterocycles. The fourth-order valence-corrected chi connectivity index (χ4v) is 9.83. The number of carbonyl (C=O) groups excluding carboxylic acids is 2. The Balaban J connectivity index is 1.32. The molecule has 1 aliphatic carbocycles. The van der Waals surface area contributed by atoms with Gasteiger partial charge in [0, 0.05) is 26.2 Å². The van der Waals surface area contributed by atoms with Crippen molar-refractivity contribution < 1.29 is 29.3 Å². The van der Waals surface area contributed by atoms with E-state index in [0.29, 0.717) is 62.8 Å². The molecule has 3 fully saturated rings. The third-order valence-electron chi connectivity index (χ3n) is 12.3. The number of hydrogen-bond donors (Lipinski definition) is 3. The highest BCUT2D eigenvalue weighted by molar-refractivity contribution is 5.89. The fraction of sp³-hybridized carbons (Fsp3) is 0.643. The van der Waals surface area contributed by atoms with Crippen LogP contribution in [0, 0.1) is 22.7 Å². The summed E-state index contributed by atoms with van der Waals surface area (Å²) in [5.41, 5.74) is 1.12. The lowest BCUT2D eigenvalue weighted by molar-refractivity contribution is -0.151. The number of piperidine rings is 2. The van der Waals surface area contributed by atoms with Crippen LogP contribution >= 0.6 is 0 Å². The molecule has 0 radical (unpaired) electrons. The molecule has 5 atom stereocenters. The number of alkyl carbamates (subject to hydrolysis) is 1. The summed E-state index contributed by atoms with van der Waals surface area (Å²) in [7, 11) is 0.